The Hall–Kier alpha value is -2.15. The number of pyridine rings is 1. The summed E-state index contributed by atoms with van der Waals surface area (Å²) in [6.07, 6.45) is 1.53. The molecule has 1 aromatic heterocycles. The summed E-state index contributed by atoms with van der Waals surface area (Å²) in [6, 6.07) is 5.03. The number of aromatic nitrogens is 1. The fourth-order valence-corrected chi connectivity index (χ4v) is 0.721. The first-order valence-electron chi connectivity index (χ1n) is 3.65. The standard InChI is InChI=1S/C7H9N5O2/c8-6(11-13)7(12-14)10-5-3-1-2-4-9-5/h1-4,13-14H,(H2,8,11)(H,9,10,12). The van der Waals surface area contributed by atoms with Crippen LogP contribution in [-0.4, -0.2) is 27.1 Å². The maximum Gasteiger partial charge on any atom is 0.207 e. The third-order valence-electron chi connectivity index (χ3n) is 1.33. The third kappa shape index (κ3) is 2.42. The average Bonchev–Trinajstić information content (AvgIpc) is 2.26. The van der Waals surface area contributed by atoms with Crippen molar-refractivity contribution in [3.8, 4) is 0 Å². The minimum atomic E-state index is -0.335. The molecule has 0 saturated heterocycles. The van der Waals surface area contributed by atoms with Gasteiger partial charge in [-0.2, -0.15) is 0 Å². The van der Waals surface area contributed by atoms with Gasteiger partial charge >= 0.3 is 0 Å². The van der Waals surface area contributed by atoms with Crippen LogP contribution in [0.3, 0.4) is 0 Å². The molecule has 7 nitrogen and oxygen atoms in total. The number of rotatable bonds is 1. The Labute approximate surface area is 79.6 Å². The number of hydrogen-bond donors (Lipinski definition) is 4. The molecule has 0 radical (unpaired) electrons. The minimum absolute atomic E-state index is 0.175. The summed E-state index contributed by atoms with van der Waals surface area (Å²) < 4.78 is 0. The van der Waals surface area contributed by atoms with E-state index in [0.29, 0.717) is 5.82 Å². The Bertz CT molecular complexity index is 348. The highest BCUT2D eigenvalue weighted by Crippen LogP contribution is 2.04. The predicted molar refractivity (Wildman–Crippen MR) is 49.7 cm³/mol. The Kier molecular flexibility index (Phi) is 3.39. The van der Waals surface area contributed by atoms with Crippen LogP contribution >= 0.6 is 0 Å². The zero-order valence-electron chi connectivity index (χ0n) is 7.12. The molecule has 0 spiro atoms. The molecule has 5 N–H and O–H groups in total. The van der Waals surface area contributed by atoms with Crippen LogP contribution in [0, 0.1) is 0 Å². The van der Waals surface area contributed by atoms with E-state index < -0.39 is 0 Å². The molecule has 0 saturated carbocycles. The molecule has 1 aromatic rings. The summed E-state index contributed by atoms with van der Waals surface area (Å²) in [6.45, 7) is 0. The van der Waals surface area contributed by atoms with Crippen LogP contribution in [-0.2, 0) is 0 Å². The van der Waals surface area contributed by atoms with Crippen molar-refractivity contribution in [1.82, 2.24) is 10.5 Å². The second kappa shape index (κ2) is 4.77. The van der Waals surface area contributed by atoms with Gasteiger partial charge in [-0.05, 0) is 12.1 Å². The van der Waals surface area contributed by atoms with Crippen molar-refractivity contribution in [2.45, 2.75) is 0 Å². The summed E-state index contributed by atoms with van der Waals surface area (Å²) in [4.78, 5) is 7.63. The van der Waals surface area contributed by atoms with Crippen molar-refractivity contribution < 1.29 is 10.4 Å². The number of nitrogens with two attached hydrogens (primary N) is 1. The van der Waals surface area contributed by atoms with Gasteiger partial charge in [0.2, 0.25) is 5.84 Å². The molecule has 0 fully saturated rings. The van der Waals surface area contributed by atoms with E-state index in [-0.39, 0.29) is 11.7 Å². The van der Waals surface area contributed by atoms with Gasteiger partial charge in [-0.1, -0.05) is 11.2 Å². The normalized spacial score (nSPS) is 12.6. The fourth-order valence-electron chi connectivity index (χ4n) is 0.721. The lowest BCUT2D eigenvalue weighted by Crippen LogP contribution is -2.34. The van der Waals surface area contributed by atoms with Gasteiger partial charge in [0, 0.05) is 6.20 Å². The molecule has 14 heavy (non-hydrogen) atoms. The number of nitrogens with one attached hydrogen (secondary N) is 1. The fraction of sp³-hybridized carbons (Fsp3) is 0. The minimum Gasteiger partial charge on any atom is -0.409 e. The predicted octanol–water partition coefficient (Wildman–Crippen LogP) is -0.163. The van der Waals surface area contributed by atoms with Crippen molar-refractivity contribution in [2.75, 3.05) is 0 Å². The second-order valence-corrected chi connectivity index (χ2v) is 2.25. The highest BCUT2D eigenvalue weighted by atomic mass is 16.5. The van der Waals surface area contributed by atoms with E-state index >= 15 is 0 Å². The van der Waals surface area contributed by atoms with Gasteiger partial charge in [0.1, 0.15) is 0 Å². The summed E-state index contributed by atoms with van der Waals surface area (Å²) in [5.74, 6) is -0.181. The number of nitrogens with zero attached hydrogens (tertiary/aromatic N) is 3. The molecular formula is C7H9N5O2. The smallest absolute Gasteiger partial charge is 0.207 e. The first-order chi connectivity index (χ1) is 6.77. The van der Waals surface area contributed by atoms with Crippen LogP contribution in [0.2, 0.25) is 0 Å². The molecule has 1 rings (SSSR count). The summed E-state index contributed by atoms with van der Waals surface area (Å²) >= 11 is 0. The largest absolute Gasteiger partial charge is 0.409 e. The lowest BCUT2D eigenvalue weighted by Gasteiger charge is -2.00. The van der Waals surface area contributed by atoms with Crippen molar-refractivity contribution in [3.63, 3.8) is 0 Å². The molecule has 7 heteroatoms. The van der Waals surface area contributed by atoms with Crippen LogP contribution in [0.25, 0.3) is 0 Å². The molecule has 0 aromatic carbocycles. The van der Waals surface area contributed by atoms with Gasteiger partial charge in [0.25, 0.3) is 0 Å². The average molecular weight is 195 g/mol. The first-order valence-corrected chi connectivity index (χ1v) is 3.65. The molecule has 0 amide bonds. The Morgan fingerprint density at radius 2 is 2.29 bits per heavy atom. The maximum absolute atomic E-state index is 8.61. The monoisotopic (exact) mass is 195 g/mol. The molecule has 0 atom stereocenters. The number of hydrogen-bond acceptors (Lipinski definition) is 5. The van der Waals surface area contributed by atoms with Crippen molar-refractivity contribution in [2.24, 2.45) is 15.9 Å². The van der Waals surface area contributed by atoms with Gasteiger partial charge in [-0.3, -0.25) is 5.21 Å². The van der Waals surface area contributed by atoms with Crippen LogP contribution in [0.1, 0.15) is 0 Å². The molecule has 0 unspecified atom stereocenters. The maximum atomic E-state index is 8.61. The van der Waals surface area contributed by atoms with Crippen LogP contribution < -0.4 is 11.2 Å². The third-order valence-corrected chi connectivity index (χ3v) is 1.33. The van der Waals surface area contributed by atoms with Gasteiger partial charge in [0.05, 0.1) is 0 Å². The van der Waals surface area contributed by atoms with Crippen molar-refractivity contribution >= 4 is 17.5 Å². The van der Waals surface area contributed by atoms with E-state index in [4.69, 9.17) is 16.1 Å². The molecule has 0 aliphatic heterocycles. The van der Waals surface area contributed by atoms with E-state index in [2.05, 4.69) is 15.1 Å². The summed E-state index contributed by atoms with van der Waals surface area (Å²) in [7, 11) is 0. The van der Waals surface area contributed by atoms with E-state index in [1.807, 2.05) is 0 Å². The first kappa shape index (κ1) is 9.93. The number of amidine groups is 2. The Morgan fingerprint density at radius 3 is 2.79 bits per heavy atom. The summed E-state index contributed by atoms with van der Waals surface area (Å²) in [5.41, 5.74) is 6.89. The van der Waals surface area contributed by atoms with E-state index in [1.165, 1.54) is 6.20 Å². The number of oxime groups is 1. The van der Waals surface area contributed by atoms with E-state index in [0.717, 1.165) is 0 Å². The van der Waals surface area contributed by atoms with Crippen molar-refractivity contribution in [3.05, 3.63) is 24.4 Å². The Balaban J connectivity index is 2.96. The van der Waals surface area contributed by atoms with Crippen LogP contribution in [0.5, 0.6) is 0 Å². The van der Waals surface area contributed by atoms with Gasteiger partial charge < -0.3 is 10.9 Å². The van der Waals surface area contributed by atoms with E-state index in [9.17, 15) is 0 Å². The number of aliphatic imine (C=N–C) groups is 1. The molecule has 0 aliphatic carbocycles. The molecule has 74 valence electrons. The van der Waals surface area contributed by atoms with Crippen molar-refractivity contribution in [1.29, 1.82) is 0 Å². The highest BCUT2D eigenvalue weighted by Gasteiger charge is 2.03. The van der Waals surface area contributed by atoms with Crippen LogP contribution in [0.4, 0.5) is 5.82 Å². The summed E-state index contributed by atoms with van der Waals surface area (Å²) in [5, 5.41) is 19.6. The SMILES string of the molecule is NC(=N/O)/C(=N/c1ccccn1)NO. The zero-order chi connectivity index (χ0) is 10.4. The number of hydroxylamine groups is 1. The highest BCUT2D eigenvalue weighted by molar-refractivity contribution is 6.39. The zero-order valence-corrected chi connectivity index (χ0v) is 7.12. The Morgan fingerprint density at radius 1 is 1.50 bits per heavy atom. The van der Waals surface area contributed by atoms with E-state index in [1.54, 1.807) is 23.7 Å². The molecule has 0 bridgehead atoms. The van der Waals surface area contributed by atoms with Gasteiger partial charge in [-0.25, -0.2) is 15.5 Å². The molecule has 0 aliphatic rings. The topological polar surface area (TPSA) is 116 Å². The van der Waals surface area contributed by atoms with Gasteiger partial charge in [-0.15, -0.1) is 0 Å². The van der Waals surface area contributed by atoms with Crippen LogP contribution in [0.15, 0.2) is 34.5 Å². The lowest BCUT2D eigenvalue weighted by molar-refractivity contribution is 0.236. The molecule has 1 heterocycles. The quantitative estimate of drug-likeness (QED) is 0.215. The molecular weight excluding hydrogens is 186 g/mol. The second-order valence-electron chi connectivity index (χ2n) is 2.25. The lowest BCUT2D eigenvalue weighted by atomic mass is 10.4. The van der Waals surface area contributed by atoms with Gasteiger partial charge in [0.15, 0.2) is 11.7 Å².